The Morgan fingerprint density at radius 2 is 1.73 bits per heavy atom. The van der Waals surface area contributed by atoms with Crippen LogP contribution in [0.1, 0.15) is 38.5 Å². The molecule has 5 heteroatoms. The van der Waals surface area contributed by atoms with Crippen molar-refractivity contribution >= 4 is 11.6 Å². The normalized spacial score (nSPS) is 32.0. The van der Waals surface area contributed by atoms with E-state index in [9.17, 15) is 10.1 Å². The second-order valence-corrected chi connectivity index (χ2v) is 8.19. The van der Waals surface area contributed by atoms with Crippen molar-refractivity contribution in [2.24, 2.45) is 17.8 Å². The zero-order valence-corrected chi connectivity index (χ0v) is 15.1. The Kier molecular flexibility index (Phi) is 4.36. The van der Waals surface area contributed by atoms with Crippen LogP contribution in [0.2, 0.25) is 0 Å². The first-order valence-electron chi connectivity index (χ1n) is 9.42. The third kappa shape index (κ3) is 3.29. The van der Waals surface area contributed by atoms with Crippen molar-refractivity contribution in [1.82, 2.24) is 5.32 Å². The summed E-state index contributed by atoms with van der Waals surface area (Å²) >= 11 is 0. The Bertz CT molecular complexity index is 725. The molecule has 4 aliphatic carbocycles. The van der Waals surface area contributed by atoms with Gasteiger partial charge in [-0.25, -0.2) is 0 Å². The highest BCUT2D eigenvalue weighted by atomic mass is 16.5. The number of benzene rings is 1. The molecule has 0 atom stereocenters. The average Bonchev–Trinajstić information content (AvgIpc) is 2.61. The Labute approximate surface area is 154 Å². The molecule has 4 aliphatic rings. The average molecular weight is 351 g/mol. The number of amides is 1. The van der Waals surface area contributed by atoms with Gasteiger partial charge in [-0.05, 0) is 80.5 Å². The summed E-state index contributed by atoms with van der Waals surface area (Å²) in [5.41, 5.74) is 0.861. The summed E-state index contributed by atoms with van der Waals surface area (Å²) in [5.74, 6) is 2.81. The van der Waals surface area contributed by atoms with E-state index < -0.39 is 0 Å². The van der Waals surface area contributed by atoms with Crippen LogP contribution in [0.25, 0.3) is 0 Å². The second kappa shape index (κ2) is 6.68. The number of nitriles is 1. The molecule has 4 fully saturated rings. The van der Waals surface area contributed by atoms with Gasteiger partial charge in [0.15, 0.2) is 0 Å². The molecule has 0 unspecified atom stereocenters. The smallest absolute Gasteiger partial charge is 0.267 e. The minimum atomic E-state index is -0.380. The van der Waals surface area contributed by atoms with E-state index in [1.54, 1.807) is 37.6 Å². The van der Waals surface area contributed by atoms with Crippen LogP contribution in [0.5, 0.6) is 5.75 Å². The van der Waals surface area contributed by atoms with Crippen LogP contribution < -0.4 is 15.4 Å². The number of rotatable bonds is 5. The lowest BCUT2D eigenvalue weighted by molar-refractivity contribution is -0.112. The molecule has 1 aromatic rings. The number of carbonyl (C=O) groups excluding carboxylic acids is 1. The maximum atomic E-state index is 12.4. The van der Waals surface area contributed by atoms with E-state index in [2.05, 4.69) is 10.6 Å². The fourth-order valence-corrected chi connectivity index (χ4v) is 5.53. The molecule has 136 valence electrons. The summed E-state index contributed by atoms with van der Waals surface area (Å²) in [6.45, 7) is 0. The summed E-state index contributed by atoms with van der Waals surface area (Å²) in [5, 5.41) is 15.7. The molecule has 5 nitrogen and oxygen atoms in total. The predicted molar refractivity (Wildman–Crippen MR) is 99.4 cm³/mol. The SMILES string of the molecule is COc1ccc(NC(=O)/C(C#N)=C\NC23CC4CC(CC(C4)C2)C3)cc1. The fraction of sp³-hybridized carbons (Fsp3) is 0.524. The summed E-state index contributed by atoms with van der Waals surface area (Å²) in [6, 6.07) is 9.12. The van der Waals surface area contributed by atoms with E-state index in [4.69, 9.17) is 4.74 Å². The standard InChI is InChI=1S/C21H25N3O2/c1-26-19-4-2-18(3-5-19)24-20(25)17(12-22)13-23-21-9-14-6-15(10-21)8-16(7-14)11-21/h2-5,13-16,23H,6-11H2,1H3,(H,24,25)/b17-13-. The van der Waals surface area contributed by atoms with Gasteiger partial charge in [-0.15, -0.1) is 0 Å². The largest absolute Gasteiger partial charge is 0.497 e. The van der Waals surface area contributed by atoms with Crippen LogP contribution in [0.3, 0.4) is 0 Å². The summed E-state index contributed by atoms with van der Waals surface area (Å²) in [7, 11) is 1.60. The van der Waals surface area contributed by atoms with Crippen molar-refractivity contribution in [3.05, 3.63) is 36.0 Å². The Hall–Kier alpha value is -2.48. The summed E-state index contributed by atoms with van der Waals surface area (Å²) < 4.78 is 5.11. The third-order valence-electron chi connectivity index (χ3n) is 6.27. The lowest BCUT2D eigenvalue weighted by Crippen LogP contribution is -2.57. The van der Waals surface area contributed by atoms with E-state index in [1.165, 1.54) is 38.5 Å². The van der Waals surface area contributed by atoms with Crippen LogP contribution in [0, 0.1) is 29.1 Å². The Morgan fingerprint density at radius 3 is 2.23 bits per heavy atom. The Morgan fingerprint density at radius 1 is 1.15 bits per heavy atom. The van der Waals surface area contributed by atoms with E-state index >= 15 is 0 Å². The first-order valence-corrected chi connectivity index (χ1v) is 9.42. The molecule has 26 heavy (non-hydrogen) atoms. The number of hydrogen-bond acceptors (Lipinski definition) is 4. The van der Waals surface area contributed by atoms with Gasteiger partial charge in [-0.1, -0.05) is 0 Å². The number of methoxy groups -OCH3 is 1. The highest BCUT2D eigenvalue weighted by molar-refractivity contribution is 6.06. The molecule has 4 bridgehead atoms. The van der Waals surface area contributed by atoms with Gasteiger partial charge in [0, 0.05) is 17.4 Å². The van der Waals surface area contributed by atoms with Crippen LogP contribution >= 0.6 is 0 Å². The van der Waals surface area contributed by atoms with Crippen molar-refractivity contribution < 1.29 is 9.53 Å². The van der Waals surface area contributed by atoms with Crippen LogP contribution in [0.4, 0.5) is 5.69 Å². The van der Waals surface area contributed by atoms with Gasteiger partial charge in [-0.3, -0.25) is 4.79 Å². The molecule has 0 radical (unpaired) electrons. The molecule has 0 spiro atoms. The predicted octanol–water partition coefficient (Wildman–Crippen LogP) is 3.60. The molecule has 0 aromatic heterocycles. The maximum absolute atomic E-state index is 12.4. The maximum Gasteiger partial charge on any atom is 0.267 e. The fourth-order valence-electron chi connectivity index (χ4n) is 5.53. The third-order valence-corrected chi connectivity index (χ3v) is 6.27. The molecule has 4 saturated carbocycles. The van der Waals surface area contributed by atoms with Crippen LogP contribution in [0.15, 0.2) is 36.0 Å². The van der Waals surface area contributed by atoms with Gasteiger partial charge in [0.25, 0.3) is 5.91 Å². The van der Waals surface area contributed by atoms with Gasteiger partial charge < -0.3 is 15.4 Å². The Balaban J connectivity index is 1.43. The van der Waals surface area contributed by atoms with Gasteiger partial charge in [0.1, 0.15) is 17.4 Å². The van der Waals surface area contributed by atoms with Crippen LogP contribution in [-0.2, 0) is 4.79 Å². The number of nitrogens with zero attached hydrogens (tertiary/aromatic N) is 1. The lowest BCUT2D eigenvalue weighted by atomic mass is 9.53. The molecular formula is C21H25N3O2. The quantitative estimate of drug-likeness (QED) is 0.628. The summed E-state index contributed by atoms with van der Waals surface area (Å²) in [4.78, 5) is 12.4. The number of carbonyl (C=O) groups is 1. The number of nitrogens with one attached hydrogen (secondary N) is 2. The molecule has 0 aliphatic heterocycles. The molecule has 5 rings (SSSR count). The zero-order valence-electron chi connectivity index (χ0n) is 15.1. The van der Waals surface area contributed by atoms with E-state index in [-0.39, 0.29) is 17.0 Å². The first-order chi connectivity index (χ1) is 12.6. The van der Waals surface area contributed by atoms with Gasteiger partial charge >= 0.3 is 0 Å². The molecule has 0 heterocycles. The van der Waals surface area contributed by atoms with E-state index in [0.29, 0.717) is 5.69 Å². The van der Waals surface area contributed by atoms with Crippen molar-refractivity contribution in [3.63, 3.8) is 0 Å². The highest BCUT2D eigenvalue weighted by Crippen LogP contribution is 2.55. The zero-order chi connectivity index (χ0) is 18.1. The minimum absolute atomic E-state index is 0.0945. The molecule has 1 amide bonds. The van der Waals surface area contributed by atoms with Crippen LogP contribution in [-0.4, -0.2) is 18.6 Å². The van der Waals surface area contributed by atoms with Crippen molar-refractivity contribution in [1.29, 1.82) is 5.26 Å². The van der Waals surface area contributed by atoms with Gasteiger partial charge in [0.2, 0.25) is 0 Å². The highest BCUT2D eigenvalue weighted by Gasteiger charge is 2.50. The number of anilines is 1. The first kappa shape index (κ1) is 17.0. The molecule has 1 aromatic carbocycles. The monoisotopic (exact) mass is 351 g/mol. The van der Waals surface area contributed by atoms with Crippen molar-refractivity contribution in [3.8, 4) is 11.8 Å². The molecular weight excluding hydrogens is 326 g/mol. The number of ether oxygens (including phenoxy) is 1. The van der Waals surface area contributed by atoms with E-state index in [1.807, 2.05) is 6.07 Å². The molecule has 2 N–H and O–H groups in total. The van der Waals surface area contributed by atoms with Crippen molar-refractivity contribution in [2.45, 2.75) is 44.1 Å². The second-order valence-electron chi connectivity index (χ2n) is 8.19. The minimum Gasteiger partial charge on any atom is -0.497 e. The van der Waals surface area contributed by atoms with Gasteiger partial charge in [0.05, 0.1) is 7.11 Å². The lowest BCUT2D eigenvalue weighted by Gasteiger charge is -2.56. The van der Waals surface area contributed by atoms with Gasteiger partial charge in [-0.2, -0.15) is 5.26 Å². The van der Waals surface area contributed by atoms with Crippen molar-refractivity contribution in [2.75, 3.05) is 12.4 Å². The van der Waals surface area contributed by atoms with E-state index in [0.717, 1.165) is 23.5 Å². The summed E-state index contributed by atoms with van der Waals surface area (Å²) in [6.07, 6.45) is 9.28. The topological polar surface area (TPSA) is 74.1 Å². The number of hydrogen-bond donors (Lipinski definition) is 2. The molecule has 0 saturated heterocycles.